The van der Waals surface area contributed by atoms with Gasteiger partial charge < -0.3 is 14.8 Å². The summed E-state index contributed by atoms with van der Waals surface area (Å²) in [6, 6.07) is 28.1. The Balaban J connectivity index is 1.57. The number of carbonyl (C=O) groups excluding carboxylic acids is 1. The number of halogens is 1. The van der Waals surface area contributed by atoms with E-state index in [0.717, 1.165) is 39.0 Å². The van der Waals surface area contributed by atoms with E-state index in [2.05, 4.69) is 58.7 Å². The number of rotatable bonds is 6. The Bertz CT molecular complexity index is 1480. The molecule has 2 amide bonds. The number of carbonyl (C=O) groups is 1. The lowest BCUT2D eigenvalue weighted by atomic mass is 10.1. The first-order valence-electron chi connectivity index (χ1n) is 11.5. The molecule has 0 aliphatic carbocycles. The van der Waals surface area contributed by atoms with Crippen LogP contribution in [0.5, 0.6) is 0 Å². The fourth-order valence-corrected chi connectivity index (χ4v) is 5.50. The van der Waals surface area contributed by atoms with Crippen molar-refractivity contribution in [2.24, 2.45) is 7.05 Å². The van der Waals surface area contributed by atoms with E-state index < -0.39 is 0 Å². The van der Waals surface area contributed by atoms with Crippen molar-refractivity contribution in [3.63, 3.8) is 0 Å². The first-order valence-corrected chi connectivity index (χ1v) is 12.7. The Labute approximate surface area is 214 Å². The van der Waals surface area contributed by atoms with E-state index in [1.165, 1.54) is 4.88 Å². The lowest BCUT2D eigenvalue weighted by Crippen LogP contribution is -2.34. The van der Waals surface area contributed by atoms with Crippen molar-refractivity contribution in [1.82, 2.24) is 9.47 Å². The third-order valence-electron chi connectivity index (χ3n) is 6.33. The maximum atomic E-state index is 13.7. The van der Waals surface area contributed by atoms with Gasteiger partial charge in [-0.15, -0.1) is 11.3 Å². The molecule has 5 rings (SSSR count). The number of aromatic nitrogens is 1. The fraction of sp³-hybridized carbons (Fsp3) is 0.138. The zero-order valence-electron chi connectivity index (χ0n) is 19.7. The van der Waals surface area contributed by atoms with Crippen molar-refractivity contribution in [2.75, 3.05) is 5.32 Å². The molecule has 0 saturated carbocycles. The Morgan fingerprint density at radius 1 is 0.943 bits per heavy atom. The normalized spacial score (nSPS) is 11.1. The maximum absolute atomic E-state index is 13.7. The molecule has 0 radical (unpaired) electrons. The summed E-state index contributed by atoms with van der Waals surface area (Å²) in [5.41, 5.74) is 6.08. The van der Waals surface area contributed by atoms with Gasteiger partial charge in [-0.3, -0.25) is 0 Å². The number of benzene rings is 3. The van der Waals surface area contributed by atoms with Crippen LogP contribution in [0.1, 0.15) is 16.7 Å². The van der Waals surface area contributed by atoms with Gasteiger partial charge in [0.15, 0.2) is 0 Å². The van der Waals surface area contributed by atoms with Gasteiger partial charge in [0.05, 0.1) is 17.1 Å². The van der Waals surface area contributed by atoms with Gasteiger partial charge >= 0.3 is 6.03 Å². The van der Waals surface area contributed by atoms with Gasteiger partial charge in [-0.25, -0.2) is 4.79 Å². The molecular formula is C29H26ClN3OS. The summed E-state index contributed by atoms with van der Waals surface area (Å²) in [7, 11) is 2.10. The van der Waals surface area contributed by atoms with Crippen LogP contribution in [0.15, 0.2) is 90.3 Å². The second-order valence-electron chi connectivity index (χ2n) is 8.56. The van der Waals surface area contributed by atoms with Crippen molar-refractivity contribution < 1.29 is 4.79 Å². The smallest absolute Gasteiger partial charge is 0.322 e. The van der Waals surface area contributed by atoms with Gasteiger partial charge in [-0.2, -0.15) is 0 Å². The van der Waals surface area contributed by atoms with Crippen LogP contribution in [0.2, 0.25) is 5.02 Å². The number of nitrogens with one attached hydrogen (secondary N) is 1. The van der Waals surface area contributed by atoms with Crippen LogP contribution in [0.25, 0.3) is 21.5 Å². The summed E-state index contributed by atoms with van der Waals surface area (Å²) in [4.78, 5) is 16.7. The van der Waals surface area contributed by atoms with E-state index in [1.54, 1.807) is 11.3 Å². The molecule has 1 N–H and O–H groups in total. The Morgan fingerprint density at radius 3 is 2.49 bits per heavy atom. The maximum Gasteiger partial charge on any atom is 0.322 e. The number of para-hydroxylation sites is 1. The molecule has 35 heavy (non-hydrogen) atoms. The van der Waals surface area contributed by atoms with Crippen molar-refractivity contribution in [2.45, 2.75) is 20.0 Å². The highest BCUT2D eigenvalue weighted by Crippen LogP contribution is 2.36. The fourth-order valence-electron chi connectivity index (χ4n) is 4.49. The number of hydrogen-bond donors (Lipinski definition) is 1. The summed E-state index contributed by atoms with van der Waals surface area (Å²) in [6.45, 7) is 2.87. The largest absolute Gasteiger partial charge is 0.343 e. The molecule has 0 saturated heterocycles. The number of nitrogens with zero attached hydrogens (tertiary/aromatic N) is 2. The third-order valence-corrected chi connectivity index (χ3v) is 7.61. The number of anilines is 1. The second-order valence-corrected chi connectivity index (χ2v) is 9.92. The van der Waals surface area contributed by atoms with Crippen LogP contribution >= 0.6 is 22.9 Å². The predicted octanol–water partition coefficient (Wildman–Crippen LogP) is 8.10. The molecule has 0 aliphatic heterocycles. The van der Waals surface area contributed by atoms with Crippen molar-refractivity contribution in [3.8, 4) is 10.6 Å². The Kier molecular flexibility index (Phi) is 6.62. The second kappa shape index (κ2) is 9.98. The minimum Gasteiger partial charge on any atom is -0.343 e. The molecule has 5 aromatic rings. The van der Waals surface area contributed by atoms with Crippen LogP contribution in [0.3, 0.4) is 0 Å². The van der Waals surface area contributed by atoms with Crippen LogP contribution in [0.4, 0.5) is 10.5 Å². The van der Waals surface area contributed by atoms with Crippen LogP contribution in [-0.4, -0.2) is 15.5 Å². The highest BCUT2D eigenvalue weighted by atomic mass is 35.5. The van der Waals surface area contributed by atoms with Gasteiger partial charge in [-0.05, 0) is 47.7 Å². The first kappa shape index (κ1) is 23.2. The molecular weight excluding hydrogens is 474 g/mol. The zero-order chi connectivity index (χ0) is 24.4. The van der Waals surface area contributed by atoms with Crippen LogP contribution in [0, 0.1) is 6.92 Å². The first-order chi connectivity index (χ1) is 17.0. The topological polar surface area (TPSA) is 37.3 Å². The molecule has 0 unspecified atom stereocenters. The molecule has 2 aromatic heterocycles. The monoisotopic (exact) mass is 499 g/mol. The number of fused-ring (bicyclic) bond motifs is 1. The Morgan fingerprint density at radius 2 is 1.71 bits per heavy atom. The number of urea groups is 1. The summed E-state index contributed by atoms with van der Waals surface area (Å²) in [5, 5.41) is 6.98. The minimum absolute atomic E-state index is 0.163. The molecule has 0 spiro atoms. The summed E-state index contributed by atoms with van der Waals surface area (Å²) in [5.74, 6) is 0. The SMILES string of the molecule is Cc1c(Cl)cccc1NC(=O)N(Cc1ccccc1)Cc1c(-c2cccs2)n(C)c2ccccc12. The number of aryl methyl sites for hydroxylation is 1. The summed E-state index contributed by atoms with van der Waals surface area (Å²) >= 11 is 8.03. The standard InChI is InChI=1S/C29H26ClN3OS/c1-20-24(30)13-8-14-25(20)31-29(34)33(18-21-10-4-3-5-11-21)19-23-22-12-6-7-15-26(22)32(2)28(23)27-16-9-17-35-27/h3-17H,18-19H2,1-2H3,(H,31,34). The molecule has 176 valence electrons. The molecule has 0 fully saturated rings. The third kappa shape index (κ3) is 4.70. The highest BCUT2D eigenvalue weighted by Gasteiger charge is 2.23. The van der Waals surface area contributed by atoms with Crippen LogP contribution in [-0.2, 0) is 20.1 Å². The van der Waals surface area contributed by atoms with E-state index in [4.69, 9.17) is 11.6 Å². The van der Waals surface area contributed by atoms with Crippen LogP contribution < -0.4 is 5.32 Å². The molecule has 2 heterocycles. The van der Waals surface area contributed by atoms with Crippen molar-refractivity contribution >= 4 is 45.6 Å². The number of amides is 2. The highest BCUT2D eigenvalue weighted by molar-refractivity contribution is 7.13. The summed E-state index contributed by atoms with van der Waals surface area (Å²) in [6.07, 6.45) is 0. The molecule has 0 atom stereocenters. The quantitative estimate of drug-likeness (QED) is 0.252. The molecule has 0 bridgehead atoms. The number of hydrogen-bond acceptors (Lipinski definition) is 2. The lowest BCUT2D eigenvalue weighted by molar-refractivity contribution is 0.206. The zero-order valence-corrected chi connectivity index (χ0v) is 21.2. The summed E-state index contributed by atoms with van der Waals surface area (Å²) < 4.78 is 2.23. The lowest BCUT2D eigenvalue weighted by Gasteiger charge is -2.24. The Hall–Kier alpha value is -3.54. The average Bonchev–Trinajstić information content (AvgIpc) is 3.49. The van der Waals surface area contributed by atoms with E-state index in [1.807, 2.05) is 60.4 Å². The van der Waals surface area contributed by atoms with Gasteiger partial charge in [0.25, 0.3) is 0 Å². The van der Waals surface area contributed by atoms with E-state index in [9.17, 15) is 4.79 Å². The van der Waals surface area contributed by atoms with Gasteiger partial charge in [-0.1, -0.05) is 72.3 Å². The predicted molar refractivity (Wildman–Crippen MR) is 147 cm³/mol. The van der Waals surface area contributed by atoms with Gasteiger partial charge in [0, 0.05) is 40.8 Å². The van der Waals surface area contributed by atoms with E-state index in [0.29, 0.717) is 18.1 Å². The van der Waals surface area contributed by atoms with E-state index in [-0.39, 0.29) is 6.03 Å². The molecule has 0 aliphatic rings. The van der Waals surface area contributed by atoms with Crippen molar-refractivity contribution in [1.29, 1.82) is 0 Å². The molecule has 4 nitrogen and oxygen atoms in total. The van der Waals surface area contributed by atoms with E-state index >= 15 is 0 Å². The number of thiophene rings is 1. The minimum atomic E-state index is -0.163. The average molecular weight is 500 g/mol. The molecule has 3 aromatic carbocycles. The molecule has 6 heteroatoms. The van der Waals surface area contributed by atoms with Gasteiger partial charge in [0.2, 0.25) is 0 Å². The van der Waals surface area contributed by atoms with Crippen molar-refractivity contribution in [3.05, 3.63) is 112 Å². The van der Waals surface area contributed by atoms with Gasteiger partial charge in [0.1, 0.15) is 0 Å².